The Morgan fingerprint density at radius 3 is 1.21 bits per heavy atom. The molecule has 1 heterocycles. The Hall–Kier alpha value is -2.64. The summed E-state index contributed by atoms with van der Waals surface area (Å²) in [4.78, 5) is 25.1. The second-order valence-electron chi connectivity index (χ2n) is 24.9. The molecular formula is C74H135NO10. The third-order valence-corrected chi connectivity index (χ3v) is 16.8. The van der Waals surface area contributed by atoms with Gasteiger partial charge >= 0.3 is 5.97 Å². The predicted octanol–water partition coefficient (Wildman–Crippen LogP) is 18.5. The van der Waals surface area contributed by atoms with E-state index in [2.05, 4.69) is 67.8 Å². The van der Waals surface area contributed by atoms with Crippen molar-refractivity contribution in [1.29, 1.82) is 0 Å². The molecule has 496 valence electrons. The van der Waals surface area contributed by atoms with Gasteiger partial charge in [0.15, 0.2) is 6.29 Å². The number of ether oxygens (including phenoxy) is 3. The molecular weight excluding hydrogens is 1060 g/mol. The normalized spacial score (nSPS) is 18.3. The summed E-state index contributed by atoms with van der Waals surface area (Å²) in [6.07, 6.45) is 73.8. The summed E-state index contributed by atoms with van der Waals surface area (Å²) in [7, 11) is 0. The quantitative estimate of drug-likeness (QED) is 0.0195. The van der Waals surface area contributed by atoms with Crippen LogP contribution in [0.2, 0.25) is 0 Å². The van der Waals surface area contributed by atoms with E-state index in [9.17, 15) is 35.1 Å². The van der Waals surface area contributed by atoms with Crippen molar-refractivity contribution in [3.05, 3.63) is 60.8 Å². The number of amides is 1. The van der Waals surface area contributed by atoms with E-state index in [0.717, 1.165) is 70.6 Å². The fraction of sp³-hybridized carbons (Fsp3) is 0.838. The summed E-state index contributed by atoms with van der Waals surface area (Å²) < 4.78 is 16.7. The van der Waals surface area contributed by atoms with Gasteiger partial charge in [-0.05, 0) is 96.3 Å². The molecule has 1 aliphatic rings. The molecule has 6 N–H and O–H groups in total. The fourth-order valence-corrected chi connectivity index (χ4v) is 11.1. The van der Waals surface area contributed by atoms with E-state index in [4.69, 9.17) is 14.2 Å². The van der Waals surface area contributed by atoms with Crippen LogP contribution in [-0.2, 0) is 23.8 Å². The topological polar surface area (TPSA) is 175 Å². The number of hydrogen-bond acceptors (Lipinski definition) is 10. The van der Waals surface area contributed by atoms with E-state index in [1.165, 1.54) is 238 Å². The fourth-order valence-electron chi connectivity index (χ4n) is 11.1. The SMILES string of the molecule is CCCCC/C=C\C/C=C\CCCCCCCC(=O)OCCCCCCCCCCC/C=C\C/C=C\CCCCCCCCCCCCCCCCCCCC(=O)NC(COC1OC(CO)C(O)C(O)C1O)C(O)/C=C/CCCCCCCCC. The zero-order chi connectivity index (χ0) is 61.6. The first-order valence-electron chi connectivity index (χ1n) is 36.1. The maximum atomic E-state index is 13.0. The van der Waals surface area contributed by atoms with Crippen molar-refractivity contribution in [2.45, 2.75) is 378 Å². The number of carbonyl (C=O) groups is 2. The molecule has 0 aromatic carbocycles. The number of aliphatic hydroxyl groups is 5. The highest BCUT2D eigenvalue weighted by Crippen LogP contribution is 2.23. The molecule has 1 saturated heterocycles. The summed E-state index contributed by atoms with van der Waals surface area (Å²) in [6.45, 7) is 4.30. The molecule has 0 spiro atoms. The molecule has 1 fully saturated rings. The summed E-state index contributed by atoms with van der Waals surface area (Å²) in [5.41, 5.74) is 0. The van der Waals surface area contributed by atoms with Crippen LogP contribution in [0.1, 0.15) is 335 Å². The highest BCUT2D eigenvalue weighted by molar-refractivity contribution is 5.76. The monoisotopic (exact) mass is 1200 g/mol. The molecule has 0 bridgehead atoms. The lowest BCUT2D eigenvalue weighted by Crippen LogP contribution is -2.60. The summed E-state index contributed by atoms with van der Waals surface area (Å²) in [6, 6.07) is -0.808. The van der Waals surface area contributed by atoms with E-state index in [0.29, 0.717) is 19.4 Å². The van der Waals surface area contributed by atoms with E-state index in [-0.39, 0.29) is 18.5 Å². The second-order valence-corrected chi connectivity index (χ2v) is 24.9. The second kappa shape index (κ2) is 62.9. The molecule has 11 heteroatoms. The lowest BCUT2D eigenvalue weighted by Gasteiger charge is -2.40. The Bertz CT molecular complexity index is 1600. The van der Waals surface area contributed by atoms with Gasteiger partial charge in [0.05, 0.1) is 32.0 Å². The highest BCUT2D eigenvalue weighted by Gasteiger charge is 2.44. The molecule has 11 nitrogen and oxygen atoms in total. The average Bonchev–Trinajstić information content (AvgIpc) is 3.68. The van der Waals surface area contributed by atoms with Crippen molar-refractivity contribution < 1.29 is 49.3 Å². The van der Waals surface area contributed by atoms with Gasteiger partial charge in [-0.25, -0.2) is 0 Å². The van der Waals surface area contributed by atoms with Gasteiger partial charge in [-0.2, -0.15) is 0 Å². The number of esters is 1. The van der Waals surface area contributed by atoms with Gasteiger partial charge in [0.1, 0.15) is 24.4 Å². The van der Waals surface area contributed by atoms with Gasteiger partial charge in [-0.15, -0.1) is 0 Å². The van der Waals surface area contributed by atoms with E-state index in [1.54, 1.807) is 6.08 Å². The van der Waals surface area contributed by atoms with E-state index < -0.39 is 49.5 Å². The zero-order valence-electron chi connectivity index (χ0n) is 55.1. The van der Waals surface area contributed by atoms with Crippen LogP contribution < -0.4 is 5.32 Å². The van der Waals surface area contributed by atoms with Gasteiger partial charge in [0.2, 0.25) is 5.91 Å². The van der Waals surface area contributed by atoms with Crippen LogP contribution in [0, 0.1) is 0 Å². The van der Waals surface area contributed by atoms with Crippen molar-refractivity contribution in [2.24, 2.45) is 0 Å². The van der Waals surface area contributed by atoms with E-state index in [1.807, 2.05) is 6.08 Å². The van der Waals surface area contributed by atoms with Crippen LogP contribution in [0.15, 0.2) is 60.8 Å². The average molecular weight is 1200 g/mol. The van der Waals surface area contributed by atoms with Gasteiger partial charge in [-0.3, -0.25) is 9.59 Å². The molecule has 0 aromatic rings. The molecule has 1 rings (SSSR count). The number of aliphatic hydroxyl groups excluding tert-OH is 5. The first-order valence-corrected chi connectivity index (χ1v) is 36.1. The Kier molecular flexibility index (Phi) is 59.5. The van der Waals surface area contributed by atoms with Gasteiger partial charge in [0, 0.05) is 12.8 Å². The lowest BCUT2D eigenvalue weighted by atomic mass is 9.99. The standard InChI is InChI=1S/C74H135NO10/c1-3-5-7-9-11-13-14-15-35-39-42-46-50-54-58-62-70(79)83-63-59-55-51-47-43-40-37-34-32-30-28-26-24-22-20-18-16-17-19-21-23-25-27-29-31-33-36-38-41-45-49-53-57-61-69(78)75-66(67(77)60-56-52-48-44-12-10-8-6-4-2)65-84-74-73(82)72(81)71(80)68(64-76)85-74/h11,13,15,20,22,26,28,35,56,60,66-68,71-74,76-77,80-82H,3-10,12,14,16-19,21,23-25,27,29-34,36-55,57-59,61-65H2,1-2H3,(H,75,78)/b13-11-,22-20-,28-26-,35-15-,60-56+. The van der Waals surface area contributed by atoms with Crippen LogP contribution in [0.3, 0.4) is 0 Å². The van der Waals surface area contributed by atoms with Gasteiger partial charge in [0.25, 0.3) is 0 Å². The Labute approximate surface area is 522 Å². The van der Waals surface area contributed by atoms with Crippen molar-refractivity contribution in [2.75, 3.05) is 19.8 Å². The van der Waals surface area contributed by atoms with Gasteiger partial charge in [-0.1, -0.05) is 286 Å². The molecule has 0 aromatic heterocycles. The highest BCUT2D eigenvalue weighted by atomic mass is 16.7. The molecule has 7 unspecified atom stereocenters. The Morgan fingerprint density at radius 2 is 0.788 bits per heavy atom. The lowest BCUT2D eigenvalue weighted by molar-refractivity contribution is -0.302. The Morgan fingerprint density at radius 1 is 0.435 bits per heavy atom. The zero-order valence-corrected chi connectivity index (χ0v) is 55.1. The molecule has 0 radical (unpaired) electrons. The first kappa shape index (κ1) is 80.4. The number of carbonyl (C=O) groups excluding carboxylic acids is 2. The summed E-state index contributed by atoms with van der Waals surface area (Å²) in [5.74, 6) is -0.189. The number of rotatable bonds is 63. The minimum atomic E-state index is -1.57. The maximum Gasteiger partial charge on any atom is 0.305 e. The van der Waals surface area contributed by atoms with Gasteiger partial charge < -0.3 is 45.1 Å². The van der Waals surface area contributed by atoms with Crippen molar-refractivity contribution >= 4 is 11.9 Å². The third kappa shape index (κ3) is 51.9. The molecule has 0 aliphatic carbocycles. The molecule has 1 aliphatic heterocycles. The maximum absolute atomic E-state index is 13.0. The van der Waals surface area contributed by atoms with Crippen LogP contribution in [-0.4, -0.2) is 100 Å². The van der Waals surface area contributed by atoms with E-state index >= 15 is 0 Å². The predicted molar refractivity (Wildman–Crippen MR) is 357 cm³/mol. The molecule has 0 saturated carbocycles. The summed E-state index contributed by atoms with van der Waals surface area (Å²) in [5, 5.41) is 54.3. The van der Waals surface area contributed by atoms with Crippen LogP contribution in [0.25, 0.3) is 0 Å². The van der Waals surface area contributed by atoms with Crippen LogP contribution in [0.4, 0.5) is 0 Å². The van der Waals surface area contributed by atoms with Crippen molar-refractivity contribution in [3.8, 4) is 0 Å². The van der Waals surface area contributed by atoms with Crippen molar-refractivity contribution in [3.63, 3.8) is 0 Å². The molecule has 85 heavy (non-hydrogen) atoms. The van der Waals surface area contributed by atoms with Crippen LogP contribution >= 0.6 is 0 Å². The molecule has 7 atom stereocenters. The van der Waals surface area contributed by atoms with Crippen molar-refractivity contribution in [1.82, 2.24) is 5.32 Å². The smallest absolute Gasteiger partial charge is 0.305 e. The number of unbranched alkanes of at least 4 members (excludes halogenated alkanes) is 41. The number of nitrogens with one attached hydrogen (secondary N) is 1. The number of allylic oxidation sites excluding steroid dienone is 9. The third-order valence-electron chi connectivity index (χ3n) is 16.8. The largest absolute Gasteiger partial charge is 0.466 e. The first-order chi connectivity index (χ1) is 41.7. The summed E-state index contributed by atoms with van der Waals surface area (Å²) >= 11 is 0. The number of hydrogen-bond donors (Lipinski definition) is 6. The Balaban J connectivity index is 1.91. The molecule has 1 amide bonds. The minimum absolute atomic E-state index is 0.00742. The minimum Gasteiger partial charge on any atom is -0.466 e. The van der Waals surface area contributed by atoms with Crippen LogP contribution in [0.5, 0.6) is 0 Å².